The summed E-state index contributed by atoms with van der Waals surface area (Å²) in [6, 6.07) is 200. The summed E-state index contributed by atoms with van der Waals surface area (Å²) in [7, 11) is 0. The van der Waals surface area contributed by atoms with Gasteiger partial charge in [0.15, 0.2) is 0 Å². The first-order chi connectivity index (χ1) is 69.5. The lowest BCUT2D eigenvalue weighted by molar-refractivity contribution is 1.62. The molecule has 0 aliphatic rings. The molecule has 0 fully saturated rings. The summed E-state index contributed by atoms with van der Waals surface area (Å²) in [6.45, 7) is 0. The molecule has 0 N–H and O–H groups in total. The maximum Gasteiger partial charge on any atom is -0.00199 e. The fourth-order valence-corrected chi connectivity index (χ4v) is 22.9. The van der Waals surface area contributed by atoms with Crippen molar-refractivity contribution in [1.29, 1.82) is 0 Å². The van der Waals surface area contributed by atoms with Crippen molar-refractivity contribution in [1.82, 2.24) is 0 Å². The summed E-state index contributed by atoms with van der Waals surface area (Å²) in [5, 5.41) is 35.8. The Morgan fingerprint density at radius 3 is 0.757 bits per heavy atom. The van der Waals surface area contributed by atoms with E-state index < -0.39 is 0 Å². The smallest absolute Gasteiger partial charge is 0.00199 e. The van der Waals surface area contributed by atoms with Crippen molar-refractivity contribution in [2.45, 2.75) is 0 Å². The van der Waals surface area contributed by atoms with Crippen LogP contribution in [0.3, 0.4) is 0 Å². The molecule has 0 aliphatic heterocycles. The Labute approximate surface area is 813 Å². The monoisotopic (exact) mass is 1770 g/mol. The first-order valence-electron chi connectivity index (χ1n) is 48.6. The topological polar surface area (TPSA) is 0 Å². The van der Waals surface area contributed by atoms with Crippen LogP contribution >= 0.6 is 0 Å². The van der Waals surface area contributed by atoms with Crippen LogP contribution in [0.15, 0.2) is 546 Å². The number of rotatable bonds is 11. The number of hydrogen-bond acceptors (Lipinski definition) is 0. The molecule has 0 atom stereocenters. The van der Waals surface area contributed by atoms with Crippen molar-refractivity contribution in [3.63, 3.8) is 0 Å². The molecule has 0 bridgehead atoms. The van der Waals surface area contributed by atoms with Crippen LogP contribution in [-0.2, 0) is 0 Å². The van der Waals surface area contributed by atoms with Crippen LogP contribution in [0.1, 0.15) is 0 Å². The fraction of sp³-hybridized carbons (Fsp3) is 0. The summed E-state index contributed by atoms with van der Waals surface area (Å²) in [5.41, 5.74) is 27.6. The van der Waals surface area contributed by atoms with E-state index in [4.69, 9.17) is 0 Å². The van der Waals surface area contributed by atoms with Crippen molar-refractivity contribution in [2.75, 3.05) is 0 Å². The standard InChI is InChI=1S/C48H30.2C46H30/c1-2-14-32(15-3-1)46-40-22-10-12-24-42(40)47(43-25-13-11-23-41(43)46)33-28-26-31(27-29-33)44-30-45-36-18-5-4-16-34(36)35-17-6-8-20-38(35)48(45)39-21-9-7-19-37(39)44;1-2-14-31(15-3-1)37-28-29-44(39-22-7-6-21-38(37)39)46-42-25-10-8-23-40(42)45(41-24-9-11-26-43(41)46)34-19-12-18-33(30-34)36-27-13-17-32-16-4-5-20-35(32)36;1-2-13-33(14-3-1)37-28-29-44(39-17-7-6-16-38(37)39)46-42-20-10-8-18-40(42)45(41-19-9-11-21-43(41)46)34-25-22-32(23-26-34)36-27-24-31-12-4-5-15-35(31)30-36/h1-30H;2*1-30H. The molecule has 28 aromatic rings. The van der Waals surface area contributed by atoms with Gasteiger partial charge in [0.25, 0.3) is 0 Å². The van der Waals surface area contributed by atoms with Crippen LogP contribution in [0.25, 0.3) is 273 Å². The van der Waals surface area contributed by atoms with Crippen molar-refractivity contribution in [3.05, 3.63) is 546 Å². The Morgan fingerprint density at radius 1 is 0.0786 bits per heavy atom. The molecule has 0 nitrogen and oxygen atoms in total. The van der Waals surface area contributed by atoms with Gasteiger partial charge < -0.3 is 0 Å². The van der Waals surface area contributed by atoms with Crippen molar-refractivity contribution >= 4 is 151 Å². The van der Waals surface area contributed by atoms with Gasteiger partial charge in [0, 0.05) is 0 Å². The molecule has 650 valence electrons. The lowest BCUT2D eigenvalue weighted by Crippen LogP contribution is -1.92. The molecule has 0 aromatic heterocycles. The summed E-state index contributed by atoms with van der Waals surface area (Å²) in [5.74, 6) is 0. The van der Waals surface area contributed by atoms with Gasteiger partial charge in [-0.1, -0.05) is 528 Å². The molecule has 0 saturated heterocycles. The maximum atomic E-state index is 2.43. The van der Waals surface area contributed by atoms with Gasteiger partial charge in [-0.15, -0.1) is 0 Å². The maximum absolute atomic E-state index is 2.43. The lowest BCUT2D eigenvalue weighted by atomic mass is 9.83. The average Bonchev–Trinajstić information content (AvgIpc) is 0.714. The highest BCUT2D eigenvalue weighted by atomic mass is 14.3. The quantitative estimate of drug-likeness (QED) is 0.0894. The average molecular weight is 1770 g/mol. The van der Waals surface area contributed by atoms with Crippen LogP contribution in [0.4, 0.5) is 0 Å². The molecular formula is C140H90. The molecule has 0 radical (unpaired) electrons. The van der Waals surface area contributed by atoms with E-state index in [0.717, 1.165) is 0 Å². The van der Waals surface area contributed by atoms with Gasteiger partial charge in [0.05, 0.1) is 0 Å². The third kappa shape index (κ3) is 14.3. The van der Waals surface area contributed by atoms with Gasteiger partial charge >= 0.3 is 0 Å². The van der Waals surface area contributed by atoms with E-state index in [-0.39, 0.29) is 0 Å². The van der Waals surface area contributed by atoms with E-state index in [9.17, 15) is 0 Å². The number of hydrogen-bond donors (Lipinski definition) is 0. The second-order valence-corrected chi connectivity index (χ2v) is 36.8. The molecule has 0 spiro atoms. The number of fused-ring (bicyclic) bond motifs is 18. The molecule has 0 heteroatoms. The Bertz CT molecular complexity index is 9600. The predicted octanol–water partition coefficient (Wildman–Crippen LogP) is 39.5. The predicted molar refractivity (Wildman–Crippen MR) is 604 cm³/mol. The first kappa shape index (κ1) is 82.5. The van der Waals surface area contributed by atoms with Crippen LogP contribution in [0.5, 0.6) is 0 Å². The van der Waals surface area contributed by atoms with Crippen molar-refractivity contribution in [2.24, 2.45) is 0 Å². The highest BCUT2D eigenvalue weighted by molar-refractivity contribution is 6.34. The number of benzene rings is 28. The van der Waals surface area contributed by atoms with E-state index in [1.807, 2.05) is 0 Å². The highest BCUT2D eigenvalue weighted by Gasteiger charge is 2.25. The third-order valence-corrected chi connectivity index (χ3v) is 29.2. The Kier molecular flexibility index (Phi) is 20.8. The molecule has 0 saturated carbocycles. The highest BCUT2D eigenvalue weighted by Crippen LogP contribution is 2.53. The Balaban J connectivity index is 0.000000108. The lowest BCUT2D eigenvalue weighted by Gasteiger charge is -2.20. The van der Waals surface area contributed by atoms with Crippen LogP contribution in [0.2, 0.25) is 0 Å². The Morgan fingerprint density at radius 2 is 0.321 bits per heavy atom. The van der Waals surface area contributed by atoms with Gasteiger partial charge in [-0.05, 0) is 291 Å². The van der Waals surface area contributed by atoms with Gasteiger partial charge in [0.2, 0.25) is 0 Å². The molecule has 0 unspecified atom stereocenters. The van der Waals surface area contributed by atoms with Gasteiger partial charge in [0.1, 0.15) is 0 Å². The summed E-state index contributed by atoms with van der Waals surface area (Å²) in [4.78, 5) is 0. The van der Waals surface area contributed by atoms with Gasteiger partial charge in [-0.2, -0.15) is 0 Å². The van der Waals surface area contributed by atoms with Crippen LogP contribution in [0, 0.1) is 0 Å². The summed E-state index contributed by atoms with van der Waals surface area (Å²) in [6.07, 6.45) is 0. The second-order valence-electron chi connectivity index (χ2n) is 36.8. The molecular weight excluding hydrogens is 1680 g/mol. The van der Waals surface area contributed by atoms with E-state index in [2.05, 4.69) is 546 Å². The van der Waals surface area contributed by atoms with Gasteiger partial charge in [-0.3, -0.25) is 0 Å². The largest absolute Gasteiger partial charge is 0.0622 e. The normalized spacial score (nSPS) is 11.6. The zero-order chi connectivity index (χ0) is 92.5. The molecule has 0 heterocycles. The van der Waals surface area contributed by atoms with Crippen LogP contribution < -0.4 is 0 Å². The Hall–Kier alpha value is -18.2. The van der Waals surface area contributed by atoms with Gasteiger partial charge in [-0.25, -0.2) is 0 Å². The summed E-state index contributed by atoms with van der Waals surface area (Å²) >= 11 is 0. The third-order valence-electron chi connectivity index (χ3n) is 29.2. The zero-order valence-electron chi connectivity index (χ0n) is 77.0. The molecule has 28 aromatic carbocycles. The van der Waals surface area contributed by atoms with E-state index >= 15 is 0 Å². The van der Waals surface area contributed by atoms with E-state index in [1.54, 1.807) is 0 Å². The van der Waals surface area contributed by atoms with Crippen molar-refractivity contribution in [3.8, 4) is 122 Å². The minimum atomic E-state index is 1.23. The fourth-order valence-electron chi connectivity index (χ4n) is 22.9. The zero-order valence-corrected chi connectivity index (χ0v) is 77.0. The van der Waals surface area contributed by atoms with Crippen LogP contribution in [-0.4, -0.2) is 0 Å². The van der Waals surface area contributed by atoms with E-state index in [1.165, 1.54) is 273 Å². The van der Waals surface area contributed by atoms with Crippen molar-refractivity contribution < 1.29 is 0 Å². The summed E-state index contributed by atoms with van der Waals surface area (Å²) < 4.78 is 0. The van der Waals surface area contributed by atoms with E-state index in [0.29, 0.717) is 0 Å². The molecule has 0 aliphatic carbocycles. The minimum Gasteiger partial charge on any atom is -0.0622 e. The first-order valence-corrected chi connectivity index (χ1v) is 48.6. The molecule has 140 heavy (non-hydrogen) atoms. The second kappa shape index (κ2) is 35.2. The SMILES string of the molecule is c1ccc(-c2c3ccccc3c(-c3ccc(-c4cc5c6ccccc6c6ccccc6c5c5ccccc45)cc3)c3ccccc23)cc1.c1ccc(-c2ccc(-c3c4ccccc4c(-c4ccc(-c5ccc6ccccc6c5)cc4)c4ccccc34)c3ccccc23)cc1.c1ccc(-c2ccc(-c3c4ccccc4c(-c4cccc(-c5cccc6ccccc56)c4)c4ccccc34)c3ccccc23)cc1. The molecule has 0 amide bonds. The molecule has 28 rings (SSSR count). The minimum absolute atomic E-state index is 1.23.